The fraction of sp³-hybridized carbons (Fsp3) is 0.459. The second-order valence-corrected chi connectivity index (χ2v) is 15.6. The first kappa shape index (κ1) is 30.8. The number of nitrogens with zero attached hydrogens (tertiary/aromatic N) is 3. The molecule has 1 N–H and O–H groups in total. The smallest absolute Gasteiger partial charge is 0.163 e. The molecule has 0 aromatic heterocycles. The minimum Gasteiger partial charge on any atom is -0.335 e. The van der Waals surface area contributed by atoms with E-state index in [9.17, 15) is 0 Å². The average Bonchev–Trinajstić information content (AvgIpc) is 3.80. The molecule has 4 nitrogen and oxygen atoms in total. The number of benzene rings is 2. The van der Waals surface area contributed by atoms with Crippen molar-refractivity contribution in [2.75, 3.05) is 71.4 Å². The van der Waals surface area contributed by atoms with Gasteiger partial charge in [0.15, 0.2) is 5.37 Å². The standard InChI is InChI=1S/C37H50N4S2/c1-40(26-12-13-27-40)30-16-24-38-32-18-8-10-20-34(32)42-36(38)22-6-4-3-5-7-23-37-39(33-19-9-11-21-35(33)43-37)25-17-31-41(2)28-14-15-29-41/h3-11,18-23,36H,12-17,24-31H2,1-2H3/q+2/p+1/b4-3+,7-5+,22-6+,37-23-. The number of para-hydroxylation sites is 2. The highest BCUT2D eigenvalue weighted by Crippen LogP contribution is 2.45. The summed E-state index contributed by atoms with van der Waals surface area (Å²) in [5.74, 6) is 0. The van der Waals surface area contributed by atoms with E-state index in [1.165, 1.54) is 119 Å². The quantitative estimate of drug-likeness (QED) is 0.203. The highest BCUT2D eigenvalue weighted by Gasteiger charge is 2.34. The Morgan fingerprint density at radius 2 is 1.40 bits per heavy atom. The minimum absolute atomic E-state index is 0.448. The average molecular weight is 616 g/mol. The van der Waals surface area contributed by atoms with Crippen LogP contribution < -0.4 is 9.80 Å². The third kappa shape index (κ3) is 7.72. The third-order valence-corrected chi connectivity index (χ3v) is 12.4. The molecule has 0 aliphatic carbocycles. The van der Waals surface area contributed by atoms with E-state index in [1.54, 1.807) is 4.90 Å². The van der Waals surface area contributed by atoms with E-state index >= 15 is 0 Å². The van der Waals surface area contributed by atoms with E-state index in [0.29, 0.717) is 5.37 Å². The zero-order valence-electron chi connectivity index (χ0n) is 26.3. The van der Waals surface area contributed by atoms with E-state index in [1.807, 2.05) is 23.5 Å². The molecule has 4 aliphatic rings. The van der Waals surface area contributed by atoms with E-state index < -0.39 is 0 Å². The first-order valence-electron chi connectivity index (χ1n) is 16.6. The van der Waals surface area contributed by atoms with Crippen molar-refractivity contribution in [3.05, 3.63) is 96.1 Å². The van der Waals surface area contributed by atoms with E-state index in [0.717, 1.165) is 6.54 Å². The van der Waals surface area contributed by atoms with Crippen molar-refractivity contribution in [3.8, 4) is 0 Å². The molecular formula is C37H51N4S2+3. The Morgan fingerprint density at radius 1 is 0.767 bits per heavy atom. The maximum Gasteiger partial charge on any atom is 0.163 e. The summed E-state index contributed by atoms with van der Waals surface area (Å²) < 4.78 is 2.53. The number of nitrogens with one attached hydrogen (secondary N) is 1. The van der Waals surface area contributed by atoms with Gasteiger partial charge in [-0.25, -0.2) is 0 Å². The minimum atomic E-state index is 0.448. The molecule has 228 valence electrons. The lowest BCUT2D eigenvalue weighted by Gasteiger charge is -2.30. The van der Waals surface area contributed by atoms with E-state index in [4.69, 9.17) is 0 Å². The Bertz CT molecular complexity index is 1350. The van der Waals surface area contributed by atoms with Gasteiger partial charge in [0.25, 0.3) is 0 Å². The second-order valence-electron chi connectivity index (χ2n) is 13.4. The number of anilines is 1. The fourth-order valence-electron chi connectivity index (χ4n) is 7.44. The Labute approximate surface area is 269 Å². The topological polar surface area (TPSA) is 7.68 Å². The summed E-state index contributed by atoms with van der Waals surface area (Å²) in [5.41, 5.74) is 2.85. The molecule has 4 aliphatic heterocycles. The van der Waals surface area contributed by atoms with Crippen LogP contribution in [-0.2, 0) is 0 Å². The molecule has 2 fully saturated rings. The first-order valence-corrected chi connectivity index (χ1v) is 18.3. The molecule has 2 unspecified atom stereocenters. The molecule has 2 aromatic rings. The molecule has 0 spiro atoms. The number of quaternary nitrogens is 3. The number of thioether (sulfide) groups is 2. The Kier molecular flexibility index (Phi) is 10.2. The van der Waals surface area contributed by atoms with Gasteiger partial charge in [-0.05, 0) is 30.4 Å². The second kappa shape index (κ2) is 14.3. The van der Waals surface area contributed by atoms with Gasteiger partial charge in [0.1, 0.15) is 5.69 Å². The molecule has 6 heteroatoms. The molecule has 0 radical (unpaired) electrons. The molecule has 0 amide bonds. The molecule has 4 heterocycles. The lowest BCUT2D eigenvalue weighted by Crippen LogP contribution is -3.09. The van der Waals surface area contributed by atoms with Gasteiger partial charge in [0.05, 0.1) is 75.5 Å². The SMILES string of the molecule is C[N+]1(CCCN2/C(=C/C=C/C=C/C=C/C3Sc4ccccc4[NH+]3CCC[N+]3(C)CCCC3)Sc3ccccc32)CCCC1. The summed E-state index contributed by atoms with van der Waals surface area (Å²) in [5, 5.41) is 1.79. The predicted molar refractivity (Wildman–Crippen MR) is 186 cm³/mol. The highest BCUT2D eigenvalue weighted by atomic mass is 32.2. The number of fused-ring (bicyclic) bond motifs is 2. The molecule has 2 atom stereocenters. The molecule has 2 aromatic carbocycles. The zero-order valence-corrected chi connectivity index (χ0v) is 27.9. The summed E-state index contributed by atoms with van der Waals surface area (Å²) in [7, 11) is 4.90. The van der Waals surface area contributed by atoms with Crippen LogP contribution in [0.2, 0.25) is 0 Å². The number of allylic oxidation sites excluding steroid dienone is 6. The first-order chi connectivity index (χ1) is 21.0. The number of rotatable bonds is 12. The van der Waals surface area contributed by atoms with Crippen molar-refractivity contribution < 1.29 is 13.9 Å². The van der Waals surface area contributed by atoms with Crippen molar-refractivity contribution in [2.24, 2.45) is 0 Å². The van der Waals surface area contributed by atoms with Gasteiger partial charge in [0.2, 0.25) is 0 Å². The highest BCUT2D eigenvalue weighted by molar-refractivity contribution is 8.03. The van der Waals surface area contributed by atoms with E-state index in [2.05, 4.69) is 110 Å². The third-order valence-electron chi connectivity index (χ3n) is 9.95. The Balaban J connectivity index is 1.04. The van der Waals surface area contributed by atoms with Gasteiger partial charge in [-0.15, -0.1) is 0 Å². The predicted octanol–water partition coefficient (Wildman–Crippen LogP) is 7.02. The molecular weight excluding hydrogens is 565 g/mol. The van der Waals surface area contributed by atoms with Crippen LogP contribution in [-0.4, -0.2) is 80.8 Å². The van der Waals surface area contributed by atoms with Gasteiger partial charge in [-0.2, -0.15) is 0 Å². The van der Waals surface area contributed by atoms with Crippen LogP contribution >= 0.6 is 23.5 Å². The Hall–Kier alpha value is -2.22. The molecule has 0 bridgehead atoms. The van der Waals surface area contributed by atoms with Crippen LogP contribution in [0, 0.1) is 0 Å². The summed E-state index contributed by atoms with van der Waals surface area (Å²) in [6.07, 6.45) is 23.8. The Morgan fingerprint density at radius 3 is 2.16 bits per heavy atom. The normalized spacial score (nSPS) is 25.2. The summed E-state index contributed by atoms with van der Waals surface area (Å²) in [6.45, 7) is 10.3. The molecule has 43 heavy (non-hydrogen) atoms. The van der Waals surface area contributed by atoms with Gasteiger partial charge < -0.3 is 13.9 Å². The van der Waals surface area contributed by atoms with Crippen molar-refractivity contribution in [2.45, 2.75) is 53.7 Å². The zero-order chi connectivity index (χ0) is 29.5. The van der Waals surface area contributed by atoms with Gasteiger partial charge in [-0.1, -0.05) is 78.2 Å². The number of hydrogen-bond donors (Lipinski definition) is 1. The summed E-state index contributed by atoms with van der Waals surface area (Å²) >= 11 is 3.93. The van der Waals surface area contributed by atoms with Crippen LogP contribution in [0.15, 0.2) is 106 Å². The van der Waals surface area contributed by atoms with Crippen LogP contribution in [0.3, 0.4) is 0 Å². The monoisotopic (exact) mass is 615 g/mol. The van der Waals surface area contributed by atoms with Gasteiger partial charge in [-0.3, -0.25) is 4.90 Å². The maximum absolute atomic E-state index is 2.54. The van der Waals surface area contributed by atoms with Crippen LogP contribution in [0.25, 0.3) is 0 Å². The number of likely N-dealkylation sites (tertiary alicyclic amines) is 2. The molecule has 6 rings (SSSR count). The summed E-state index contributed by atoms with van der Waals surface area (Å²) in [6, 6.07) is 17.9. The van der Waals surface area contributed by atoms with Gasteiger partial charge in [0, 0.05) is 56.0 Å². The van der Waals surface area contributed by atoms with Crippen LogP contribution in [0.4, 0.5) is 11.4 Å². The van der Waals surface area contributed by atoms with Crippen LogP contribution in [0.1, 0.15) is 38.5 Å². The van der Waals surface area contributed by atoms with Crippen molar-refractivity contribution in [3.63, 3.8) is 0 Å². The largest absolute Gasteiger partial charge is 0.335 e. The summed E-state index contributed by atoms with van der Waals surface area (Å²) in [4.78, 5) is 6.98. The van der Waals surface area contributed by atoms with Crippen LogP contribution in [0.5, 0.6) is 0 Å². The van der Waals surface area contributed by atoms with E-state index in [-0.39, 0.29) is 0 Å². The molecule has 2 saturated heterocycles. The maximum atomic E-state index is 2.54. The lowest BCUT2D eigenvalue weighted by atomic mass is 10.2. The molecule has 0 saturated carbocycles. The number of hydrogen-bond acceptors (Lipinski definition) is 3. The van der Waals surface area contributed by atoms with Crippen molar-refractivity contribution in [1.82, 2.24) is 0 Å². The fourth-order valence-corrected chi connectivity index (χ4v) is 9.85. The lowest BCUT2D eigenvalue weighted by molar-refractivity contribution is -0.903. The van der Waals surface area contributed by atoms with Crippen molar-refractivity contribution >= 4 is 34.9 Å². The van der Waals surface area contributed by atoms with Gasteiger partial charge >= 0.3 is 0 Å². The van der Waals surface area contributed by atoms with Crippen molar-refractivity contribution in [1.29, 1.82) is 0 Å².